The molecule has 21 heavy (non-hydrogen) atoms. The number of sulfone groups is 1. The summed E-state index contributed by atoms with van der Waals surface area (Å²) in [7, 11) is -6.85. The molecule has 9 heteroatoms. The Bertz CT molecular complexity index is 756. The quantitative estimate of drug-likeness (QED) is 0.809. The molecule has 1 amide bonds. The highest BCUT2D eigenvalue weighted by Gasteiger charge is 2.29. The highest BCUT2D eigenvalue weighted by atomic mass is 32.2. The lowest BCUT2D eigenvalue weighted by Gasteiger charge is -2.09. The molecule has 0 spiro atoms. The summed E-state index contributed by atoms with van der Waals surface area (Å²) in [5.41, 5.74) is 0.312. The molecule has 2 rings (SSSR count). The first-order chi connectivity index (χ1) is 9.66. The Kier molecular flexibility index (Phi) is 4.35. The van der Waals surface area contributed by atoms with Gasteiger partial charge in [-0.3, -0.25) is 4.79 Å². The summed E-state index contributed by atoms with van der Waals surface area (Å²) in [6.45, 7) is 0. The second-order valence-electron chi connectivity index (χ2n) is 5.09. The number of sulfonamides is 1. The largest absolute Gasteiger partial charge is 0.326 e. The van der Waals surface area contributed by atoms with Gasteiger partial charge in [-0.1, -0.05) is 6.07 Å². The maximum Gasteiger partial charge on any atom is 0.238 e. The van der Waals surface area contributed by atoms with Crippen molar-refractivity contribution >= 4 is 31.5 Å². The van der Waals surface area contributed by atoms with Crippen molar-refractivity contribution in [3.63, 3.8) is 0 Å². The molecule has 1 aliphatic heterocycles. The van der Waals surface area contributed by atoms with Crippen LogP contribution in [0, 0.1) is 5.92 Å². The van der Waals surface area contributed by atoms with E-state index >= 15 is 0 Å². The van der Waals surface area contributed by atoms with Crippen molar-refractivity contribution in [2.75, 3.05) is 16.8 Å². The maximum atomic E-state index is 11.9. The maximum absolute atomic E-state index is 11.9. The van der Waals surface area contributed by atoms with Gasteiger partial charge in [0.1, 0.15) is 0 Å². The SMILES string of the molecule is NS(=O)(=O)c1cccc(NC(=O)CC2CCS(=O)(=O)C2)c1. The average Bonchev–Trinajstić information content (AvgIpc) is 2.67. The van der Waals surface area contributed by atoms with E-state index in [1.807, 2.05) is 0 Å². The second kappa shape index (κ2) is 5.74. The van der Waals surface area contributed by atoms with Crippen LogP contribution in [0.3, 0.4) is 0 Å². The first-order valence-electron chi connectivity index (χ1n) is 6.29. The lowest BCUT2D eigenvalue weighted by molar-refractivity contribution is -0.116. The number of carbonyl (C=O) groups is 1. The smallest absolute Gasteiger partial charge is 0.238 e. The summed E-state index contributed by atoms with van der Waals surface area (Å²) in [6, 6.07) is 5.60. The van der Waals surface area contributed by atoms with E-state index < -0.39 is 19.9 Å². The number of benzene rings is 1. The number of primary sulfonamides is 1. The van der Waals surface area contributed by atoms with E-state index in [0.29, 0.717) is 12.1 Å². The first kappa shape index (κ1) is 15.9. The molecule has 1 aliphatic rings. The van der Waals surface area contributed by atoms with Crippen LogP contribution in [0.15, 0.2) is 29.2 Å². The van der Waals surface area contributed by atoms with Gasteiger partial charge in [-0.25, -0.2) is 22.0 Å². The highest BCUT2D eigenvalue weighted by molar-refractivity contribution is 7.91. The number of nitrogens with one attached hydrogen (secondary N) is 1. The molecule has 0 saturated carbocycles. The van der Waals surface area contributed by atoms with Gasteiger partial charge in [-0.2, -0.15) is 0 Å². The van der Waals surface area contributed by atoms with E-state index in [1.165, 1.54) is 24.3 Å². The molecule has 1 heterocycles. The molecule has 1 saturated heterocycles. The number of hydrogen-bond donors (Lipinski definition) is 2. The van der Waals surface area contributed by atoms with Gasteiger partial charge in [-0.15, -0.1) is 0 Å². The van der Waals surface area contributed by atoms with Crippen LogP contribution in [-0.2, 0) is 24.7 Å². The Morgan fingerprint density at radius 3 is 2.67 bits per heavy atom. The number of anilines is 1. The molecule has 7 nitrogen and oxygen atoms in total. The van der Waals surface area contributed by atoms with Crippen molar-refractivity contribution in [3.8, 4) is 0 Å². The molecule has 1 fully saturated rings. The Morgan fingerprint density at radius 2 is 2.10 bits per heavy atom. The van der Waals surface area contributed by atoms with Crippen LogP contribution >= 0.6 is 0 Å². The van der Waals surface area contributed by atoms with Crippen molar-refractivity contribution < 1.29 is 21.6 Å². The summed E-state index contributed by atoms with van der Waals surface area (Å²) in [4.78, 5) is 11.8. The number of amides is 1. The minimum absolute atomic E-state index is 0.0254. The zero-order valence-corrected chi connectivity index (χ0v) is 12.8. The number of nitrogens with two attached hydrogens (primary N) is 1. The van der Waals surface area contributed by atoms with E-state index in [-0.39, 0.29) is 34.6 Å². The zero-order chi connectivity index (χ0) is 15.7. The van der Waals surface area contributed by atoms with E-state index in [2.05, 4.69) is 5.32 Å². The van der Waals surface area contributed by atoms with Crippen LogP contribution in [0.25, 0.3) is 0 Å². The molecule has 3 N–H and O–H groups in total. The molecule has 1 aromatic rings. The lowest BCUT2D eigenvalue weighted by atomic mass is 10.1. The van der Waals surface area contributed by atoms with Crippen LogP contribution < -0.4 is 10.5 Å². The Balaban J connectivity index is 2.01. The van der Waals surface area contributed by atoms with Gasteiger partial charge in [0.05, 0.1) is 16.4 Å². The summed E-state index contributed by atoms with van der Waals surface area (Å²) in [5.74, 6) is -0.385. The van der Waals surface area contributed by atoms with Crippen LogP contribution in [0.4, 0.5) is 5.69 Å². The Hall–Kier alpha value is -1.45. The predicted octanol–water partition coefficient (Wildman–Crippen LogP) is 0.0973. The summed E-state index contributed by atoms with van der Waals surface area (Å²) < 4.78 is 45.1. The Labute approximate surface area is 123 Å². The molecule has 0 bridgehead atoms. The van der Waals surface area contributed by atoms with E-state index in [1.54, 1.807) is 0 Å². The zero-order valence-electron chi connectivity index (χ0n) is 11.2. The first-order valence-corrected chi connectivity index (χ1v) is 9.66. The normalized spacial score (nSPS) is 21.1. The standard InChI is InChI=1S/C12H16N2O5S2/c13-21(18,19)11-3-1-2-10(7-11)14-12(15)6-9-4-5-20(16,17)8-9/h1-3,7,9H,4-6,8H2,(H,14,15)(H2,13,18,19). The van der Waals surface area contributed by atoms with Gasteiger partial charge in [0.25, 0.3) is 0 Å². The molecule has 0 aromatic heterocycles. The predicted molar refractivity (Wildman–Crippen MR) is 77.8 cm³/mol. The molecule has 0 radical (unpaired) electrons. The summed E-state index contributed by atoms with van der Waals surface area (Å²) in [5, 5.41) is 7.57. The fourth-order valence-electron chi connectivity index (χ4n) is 2.26. The lowest BCUT2D eigenvalue weighted by Crippen LogP contribution is -2.18. The minimum atomic E-state index is -3.83. The van der Waals surface area contributed by atoms with Crippen molar-refractivity contribution in [2.45, 2.75) is 17.7 Å². The van der Waals surface area contributed by atoms with Crippen LogP contribution in [0.5, 0.6) is 0 Å². The minimum Gasteiger partial charge on any atom is -0.326 e. The third kappa shape index (κ3) is 4.51. The van der Waals surface area contributed by atoms with Crippen LogP contribution in [-0.4, -0.2) is 34.2 Å². The molecule has 1 unspecified atom stereocenters. The molecule has 116 valence electrons. The fourth-order valence-corrected chi connectivity index (χ4v) is 4.68. The van der Waals surface area contributed by atoms with Gasteiger partial charge >= 0.3 is 0 Å². The number of rotatable bonds is 4. The van der Waals surface area contributed by atoms with Crippen molar-refractivity contribution in [3.05, 3.63) is 24.3 Å². The van der Waals surface area contributed by atoms with Gasteiger partial charge < -0.3 is 5.32 Å². The molecule has 1 atom stereocenters. The van der Waals surface area contributed by atoms with Gasteiger partial charge in [0, 0.05) is 12.1 Å². The topological polar surface area (TPSA) is 123 Å². The monoisotopic (exact) mass is 332 g/mol. The van der Waals surface area contributed by atoms with Crippen molar-refractivity contribution in [1.82, 2.24) is 0 Å². The van der Waals surface area contributed by atoms with Gasteiger partial charge in [0.15, 0.2) is 9.84 Å². The number of hydrogen-bond acceptors (Lipinski definition) is 5. The van der Waals surface area contributed by atoms with E-state index in [9.17, 15) is 21.6 Å². The van der Waals surface area contributed by atoms with Gasteiger partial charge in [0.2, 0.25) is 15.9 Å². The Morgan fingerprint density at radius 1 is 1.38 bits per heavy atom. The van der Waals surface area contributed by atoms with Gasteiger partial charge in [-0.05, 0) is 30.5 Å². The van der Waals surface area contributed by atoms with E-state index in [0.717, 1.165) is 0 Å². The second-order valence-corrected chi connectivity index (χ2v) is 8.88. The molecular formula is C12H16N2O5S2. The van der Waals surface area contributed by atoms with Crippen molar-refractivity contribution in [1.29, 1.82) is 0 Å². The fraction of sp³-hybridized carbons (Fsp3) is 0.417. The average molecular weight is 332 g/mol. The summed E-state index contributed by atoms with van der Waals surface area (Å²) in [6.07, 6.45) is 0.575. The van der Waals surface area contributed by atoms with E-state index in [4.69, 9.17) is 5.14 Å². The number of carbonyl (C=O) groups excluding carboxylic acids is 1. The van der Waals surface area contributed by atoms with Crippen LogP contribution in [0.2, 0.25) is 0 Å². The molecule has 1 aromatic carbocycles. The van der Waals surface area contributed by atoms with Crippen molar-refractivity contribution in [2.24, 2.45) is 11.1 Å². The van der Waals surface area contributed by atoms with Crippen LogP contribution in [0.1, 0.15) is 12.8 Å². The highest BCUT2D eigenvalue weighted by Crippen LogP contribution is 2.22. The third-order valence-corrected chi connectivity index (χ3v) is 6.00. The molecule has 0 aliphatic carbocycles. The summed E-state index contributed by atoms with van der Waals surface area (Å²) >= 11 is 0. The third-order valence-electron chi connectivity index (χ3n) is 3.25. The molecular weight excluding hydrogens is 316 g/mol.